The Kier molecular flexibility index (Phi) is 2.37. The standard InChI is InChI=1S/C13H11N3S/c1-8-7-14-9(2)12(15-8)13-16-10-5-3-4-6-11(10)17-13/h3-7H,1-2H3. The van der Waals surface area contributed by atoms with Crippen molar-refractivity contribution in [3.05, 3.63) is 41.9 Å². The lowest BCUT2D eigenvalue weighted by Gasteiger charge is -2.00. The van der Waals surface area contributed by atoms with Gasteiger partial charge in [-0.25, -0.2) is 9.97 Å². The van der Waals surface area contributed by atoms with Gasteiger partial charge in [0.25, 0.3) is 0 Å². The van der Waals surface area contributed by atoms with E-state index in [4.69, 9.17) is 0 Å². The van der Waals surface area contributed by atoms with Crippen LogP contribution in [0.2, 0.25) is 0 Å². The summed E-state index contributed by atoms with van der Waals surface area (Å²) in [5.41, 5.74) is 3.76. The maximum Gasteiger partial charge on any atom is 0.145 e. The van der Waals surface area contributed by atoms with Crippen LogP contribution in [0, 0.1) is 13.8 Å². The van der Waals surface area contributed by atoms with Gasteiger partial charge in [-0.05, 0) is 26.0 Å². The zero-order valence-electron chi connectivity index (χ0n) is 9.64. The monoisotopic (exact) mass is 241 g/mol. The van der Waals surface area contributed by atoms with Crippen LogP contribution in [0.3, 0.4) is 0 Å². The van der Waals surface area contributed by atoms with Gasteiger partial charge in [0.1, 0.15) is 10.7 Å². The second-order valence-corrected chi connectivity index (χ2v) is 4.96. The Morgan fingerprint density at radius 3 is 2.71 bits per heavy atom. The summed E-state index contributed by atoms with van der Waals surface area (Å²) in [7, 11) is 0. The van der Waals surface area contributed by atoms with E-state index < -0.39 is 0 Å². The van der Waals surface area contributed by atoms with E-state index >= 15 is 0 Å². The maximum absolute atomic E-state index is 4.60. The van der Waals surface area contributed by atoms with Gasteiger partial charge < -0.3 is 0 Å². The minimum Gasteiger partial charge on any atom is -0.257 e. The fourth-order valence-corrected chi connectivity index (χ4v) is 2.72. The van der Waals surface area contributed by atoms with Crippen molar-refractivity contribution in [2.24, 2.45) is 0 Å². The molecule has 0 aliphatic rings. The van der Waals surface area contributed by atoms with Crippen LogP contribution in [0.25, 0.3) is 20.9 Å². The molecule has 0 unspecified atom stereocenters. The van der Waals surface area contributed by atoms with Crippen molar-refractivity contribution in [1.82, 2.24) is 15.0 Å². The quantitative estimate of drug-likeness (QED) is 0.655. The molecular formula is C13H11N3S. The number of thiazole rings is 1. The molecule has 0 saturated heterocycles. The molecule has 0 bridgehead atoms. The molecule has 0 saturated carbocycles. The molecule has 2 heterocycles. The molecule has 0 radical (unpaired) electrons. The van der Waals surface area contributed by atoms with Gasteiger partial charge in [0.15, 0.2) is 0 Å². The second-order valence-electron chi connectivity index (χ2n) is 3.93. The first kappa shape index (κ1) is 10.4. The number of hydrogen-bond donors (Lipinski definition) is 0. The summed E-state index contributed by atoms with van der Waals surface area (Å²) in [5, 5.41) is 0.944. The van der Waals surface area contributed by atoms with Crippen molar-refractivity contribution in [2.45, 2.75) is 13.8 Å². The van der Waals surface area contributed by atoms with Crippen LogP contribution in [-0.4, -0.2) is 15.0 Å². The smallest absolute Gasteiger partial charge is 0.145 e. The minimum absolute atomic E-state index is 0.895. The lowest BCUT2D eigenvalue weighted by Crippen LogP contribution is -1.93. The van der Waals surface area contributed by atoms with Crippen LogP contribution in [0.5, 0.6) is 0 Å². The highest BCUT2D eigenvalue weighted by molar-refractivity contribution is 7.21. The Balaban J connectivity index is 2.23. The van der Waals surface area contributed by atoms with Crippen LogP contribution in [0.15, 0.2) is 30.5 Å². The Morgan fingerprint density at radius 1 is 1.06 bits per heavy atom. The largest absolute Gasteiger partial charge is 0.257 e. The van der Waals surface area contributed by atoms with E-state index in [1.807, 2.05) is 32.0 Å². The predicted octanol–water partition coefficient (Wildman–Crippen LogP) is 3.37. The maximum atomic E-state index is 4.60. The van der Waals surface area contributed by atoms with E-state index in [9.17, 15) is 0 Å². The number of aromatic nitrogens is 3. The Morgan fingerprint density at radius 2 is 1.88 bits per heavy atom. The lowest BCUT2D eigenvalue weighted by atomic mass is 10.3. The molecule has 2 aromatic heterocycles. The molecule has 3 aromatic rings. The molecule has 1 aromatic carbocycles. The van der Waals surface area contributed by atoms with Crippen LogP contribution >= 0.6 is 11.3 Å². The van der Waals surface area contributed by atoms with E-state index in [0.29, 0.717) is 0 Å². The zero-order chi connectivity index (χ0) is 11.8. The number of aryl methyl sites for hydroxylation is 2. The molecule has 0 N–H and O–H groups in total. The Hall–Kier alpha value is -1.81. The van der Waals surface area contributed by atoms with Crippen LogP contribution in [0.4, 0.5) is 0 Å². The normalized spacial score (nSPS) is 10.9. The molecule has 0 amide bonds. The highest BCUT2D eigenvalue weighted by Crippen LogP contribution is 2.29. The summed E-state index contributed by atoms with van der Waals surface area (Å²) in [6.07, 6.45) is 1.78. The fourth-order valence-electron chi connectivity index (χ4n) is 1.71. The van der Waals surface area contributed by atoms with E-state index in [-0.39, 0.29) is 0 Å². The van der Waals surface area contributed by atoms with E-state index in [2.05, 4.69) is 21.0 Å². The summed E-state index contributed by atoms with van der Waals surface area (Å²) < 4.78 is 1.19. The van der Waals surface area contributed by atoms with Gasteiger partial charge in [-0.1, -0.05) is 12.1 Å². The van der Waals surface area contributed by atoms with Crippen molar-refractivity contribution < 1.29 is 0 Å². The third kappa shape index (κ3) is 1.80. The minimum atomic E-state index is 0.895. The van der Waals surface area contributed by atoms with E-state index in [1.54, 1.807) is 17.5 Å². The van der Waals surface area contributed by atoms with Crippen LogP contribution < -0.4 is 0 Å². The molecule has 4 heteroatoms. The molecule has 3 rings (SSSR count). The zero-order valence-corrected chi connectivity index (χ0v) is 10.5. The Bertz CT molecular complexity index is 655. The van der Waals surface area contributed by atoms with Crippen molar-refractivity contribution in [2.75, 3.05) is 0 Å². The number of fused-ring (bicyclic) bond motifs is 1. The number of rotatable bonds is 1. The fraction of sp³-hybridized carbons (Fsp3) is 0.154. The van der Waals surface area contributed by atoms with Gasteiger partial charge in [0, 0.05) is 6.20 Å². The molecule has 0 spiro atoms. The van der Waals surface area contributed by atoms with Crippen molar-refractivity contribution in [3.63, 3.8) is 0 Å². The molecule has 0 fully saturated rings. The van der Waals surface area contributed by atoms with Crippen molar-refractivity contribution in [1.29, 1.82) is 0 Å². The average molecular weight is 241 g/mol. The SMILES string of the molecule is Cc1cnc(C)c(-c2nc3ccccc3s2)n1. The van der Waals surface area contributed by atoms with Gasteiger partial charge in [0.05, 0.1) is 21.6 Å². The summed E-state index contributed by atoms with van der Waals surface area (Å²) >= 11 is 1.66. The van der Waals surface area contributed by atoms with Gasteiger partial charge in [-0.15, -0.1) is 11.3 Å². The average Bonchev–Trinajstić information content (AvgIpc) is 2.75. The Labute approximate surface area is 103 Å². The summed E-state index contributed by atoms with van der Waals surface area (Å²) in [4.78, 5) is 13.5. The number of nitrogens with zero attached hydrogens (tertiary/aromatic N) is 3. The first-order valence-electron chi connectivity index (χ1n) is 5.40. The molecule has 3 nitrogen and oxygen atoms in total. The number of para-hydroxylation sites is 1. The summed E-state index contributed by atoms with van der Waals surface area (Å²) in [6, 6.07) is 8.13. The summed E-state index contributed by atoms with van der Waals surface area (Å²) in [5.74, 6) is 0. The molecule has 0 aliphatic heterocycles. The second kappa shape index (κ2) is 3.89. The molecule has 84 valence electrons. The molecular weight excluding hydrogens is 230 g/mol. The highest BCUT2D eigenvalue weighted by Gasteiger charge is 2.10. The van der Waals surface area contributed by atoms with E-state index in [0.717, 1.165) is 27.6 Å². The first-order chi connectivity index (χ1) is 8.24. The van der Waals surface area contributed by atoms with Crippen LogP contribution in [-0.2, 0) is 0 Å². The lowest BCUT2D eigenvalue weighted by molar-refractivity contribution is 1.07. The van der Waals surface area contributed by atoms with Gasteiger partial charge >= 0.3 is 0 Å². The van der Waals surface area contributed by atoms with Crippen LogP contribution in [0.1, 0.15) is 11.4 Å². The molecule has 17 heavy (non-hydrogen) atoms. The van der Waals surface area contributed by atoms with Gasteiger partial charge in [0.2, 0.25) is 0 Å². The molecule has 0 atom stereocenters. The van der Waals surface area contributed by atoms with E-state index in [1.165, 1.54) is 4.70 Å². The predicted molar refractivity (Wildman–Crippen MR) is 70.1 cm³/mol. The van der Waals surface area contributed by atoms with Crippen molar-refractivity contribution >= 4 is 21.6 Å². The van der Waals surface area contributed by atoms with Gasteiger partial charge in [-0.2, -0.15) is 0 Å². The van der Waals surface area contributed by atoms with Crippen molar-refractivity contribution in [3.8, 4) is 10.7 Å². The third-order valence-electron chi connectivity index (χ3n) is 2.57. The summed E-state index contributed by atoms with van der Waals surface area (Å²) in [6.45, 7) is 3.91. The third-order valence-corrected chi connectivity index (χ3v) is 3.62. The highest BCUT2D eigenvalue weighted by atomic mass is 32.1. The number of hydrogen-bond acceptors (Lipinski definition) is 4. The molecule has 0 aliphatic carbocycles. The first-order valence-corrected chi connectivity index (χ1v) is 6.22. The van der Waals surface area contributed by atoms with Gasteiger partial charge in [-0.3, -0.25) is 4.98 Å². The topological polar surface area (TPSA) is 38.7 Å². The number of benzene rings is 1.